The van der Waals surface area contributed by atoms with E-state index >= 15 is 0 Å². The zero-order valence-electron chi connectivity index (χ0n) is 24.2. The minimum atomic E-state index is -3.16. The fourth-order valence-corrected chi connectivity index (χ4v) is 7.19. The summed E-state index contributed by atoms with van der Waals surface area (Å²) in [5.74, 6) is -5.72. The van der Waals surface area contributed by atoms with Crippen LogP contribution in [0.15, 0.2) is 60.2 Å². The van der Waals surface area contributed by atoms with Crippen molar-refractivity contribution in [2.24, 2.45) is 0 Å². The standard InChI is InChI=1S/C32H30F2N4O6S/c1-18(27-11-20(15-45-27)25-14-42-17-36-25)37-30(41)26-12-31(43-8-9-44-31)16-38(26)28(39)13-35-29(40)19-6-7-24-22(10-19)21-4-2-3-5-23(21)32(24,33)34/h2-7,10-11,14-15,18,26,36H,8-9,12-13,16-17H2,1H3,(H,35,40)(H,37,41)/t18-,26+/m1/s1. The van der Waals surface area contributed by atoms with Gasteiger partial charge in [-0.1, -0.05) is 30.3 Å². The zero-order valence-corrected chi connectivity index (χ0v) is 25.0. The van der Waals surface area contributed by atoms with Gasteiger partial charge in [-0.05, 0) is 36.2 Å². The first kappa shape index (κ1) is 29.4. The summed E-state index contributed by atoms with van der Waals surface area (Å²) in [6, 6.07) is 10.9. The maximum Gasteiger partial charge on any atom is 0.299 e. The molecule has 13 heteroatoms. The first-order valence-corrected chi connectivity index (χ1v) is 15.5. The number of amides is 3. The number of nitrogens with zero attached hydrogens (tertiary/aromatic N) is 1. The van der Waals surface area contributed by atoms with E-state index in [1.54, 1.807) is 24.5 Å². The molecule has 1 aromatic heterocycles. The van der Waals surface area contributed by atoms with Crippen LogP contribution in [-0.2, 0) is 29.7 Å². The molecule has 3 aliphatic heterocycles. The Morgan fingerprint density at radius 2 is 1.87 bits per heavy atom. The molecule has 3 N–H and O–H groups in total. The molecule has 4 heterocycles. The molecule has 1 spiro atoms. The molecule has 3 amide bonds. The second-order valence-electron chi connectivity index (χ2n) is 11.4. The number of hydrogen-bond acceptors (Lipinski definition) is 8. The van der Waals surface area contributed by atoms with Gasteiger partial charge in [-0.3, -0.25) is 14.4 Å². The van der Waals surface area contributed by atoms with Crippen molar-refractivity contribution in [2.45, 2.75) is 37.1 Å². The van der Waals surface area contributed by atoms with Crippen molar-refractivity contribution in [1.29, 1.82) is 0 Å². The monoisotopic (exact) mass is 636 g/mol. The van der Waals surface area contributed by atoms with Gasteiger partial charge in [-0.25, -0.2) is 0 Å². The molecular formula is C32H30F2N4O6S. The molecule has 234 valence electrons. The lowest BCUT2D eigenvalue weighted by atomic mass is 10.0. The van der Waals surface area contributed by atoms with Crippen LogP contribution in [0.25, 0.3) is 16.8 Å². The van der Waals surface area contributed by atoms with Crippen LogP contribution in [0.5, 0.6) is 0 Å². The predicted octanol–water partition coefficient (Wildman–Crippen LogP) is 3.70. The molecule has 7 rings (SSSR count). The largest absolute Gasteiger partial charge is 0.479 e. The van der Waals surface area contributed by atoms with Crippen LogP contribution in [0.3, 0.4) is 0 Å². The van der Waals surface area contributed by atoms with Crippen LogP contribution in [0.2, 0.25) is 0 Å². The van der Waals surface area contributed by atoms with Gasteiger partial charge in [0.25, 0.3) is 11.8 Å². The Labute approximate surface area is 261 Å². The van der Waals surface area contributed by atoms with Gasteiger partial charge in [0, 0.05) is 38.9 Å². The number of rotatable bonds is 7. The van der Waals surface area contributed by atoms with Crippen LogP contribution >= 0.6 is 11.3 Å². The van der Waals surface area contributed by atoms with Crippen molar-refractivity contribution >= 4 is 34.8 Å². The summed E-state index contributed by atoms with van der Waals surface area (Å²) in [6.07, 6.45) is 1.80. The second-order valence-corrected chi connectivity index (χ2v) is 12.3. The van der Waals surface area contributed by atoms with Gasteiger partial charge in [0.2, 0.25) is 11.8 Å². The molecular weight excluding hydrogens is 606 g/mol. The van der Waals surface area contributed by atoms with E-state index in [4.69, 9.17) is 14.2 Å². The predicted molar refractivity (Wildman–Crippen MR) is 160 cm³/mol. The first-order valence-electron chi connectivity index (χ1n) is 14.6. The molecule has 1 aliphatic carbocycles. The Bertz CT molecular complexity index is 1720. The molecule has 2 atom stereocenters. The fraction of sp³-hybridized carbons (Fsp3) is 0.344. The van der Waals surface area contributed by atoms with E-state index in [-0.39, 0.29) is 47.2 Å². The van der Waals surface area contributed by atoms with Gasteiger partial charge in [-0.2, -0.15) is 8.78 Å². The molecule has 0 unspecified atom stereocenters. The van der Waals surface area contributed by atoms with E-state index in [2.05, 4.69) is 16.0 Å². The molecule has 0 bridgehead atoms. The fourth-order valence-electron chi connectivity index (χ4n) is 6.28. The van der Waals surface area contributed by atoms with E-state index in [1.807, 2.05) is 18.4 Å². The van der Waals surface area contributed by atoms with Gasteiger partial charge in [0.1, 0.15) is 12.3 Å². The average molecular weight is 637 g/mol. The highest BCUT2D eigenvalue weighted by Crippen LogP contribution is 2.51. The van der Waals surface area contributed by atoms with Gasteiger partial charge in [-0.15, -0.1) is 11.3 Å². The van der Waals surface area contributed by atoms with E-state index in [1.165, 1.54) is 40.5 Å². The number of likely N-dealkylation sites (tertiary alicyclic amines) is 1. The van der Waals surface area contributed by atoms with E-state index in [0.29, 0.717) is 25.5 Å². The lowest BCUT2D eigenvalue weighted by molar-refractivity contribution is -0.152. The molecule has 45 heavy (non-hydrogen) atoms. The smallest absolute Gasteiger partial charge is 0.299 e. The van der Waals surface area contributed by atoms with Gasteiger partial charge < -0.3 is 35.1 Å². The summed E-state index contributed by atoms with van der Waals surface area (Å²) in [7, 11) is 0. The normalized spacial score (nSPS) is 21.0. The molecule has 10 nitrogen and oxygen atoms in total. The number of halogens is 2. The Morgan fingerprint density at radius 3 is 2.64 bits per heavy atom. The van der Waals surface area contributed by atoms with Crippen molar-refractivity contribution in [3.63, 3.8) is 0 Å². The quantitative estimate of drug-likeness (QED) is 0.362. The first-order chi connectivity index (χ1) is 21.6. The minimum absolute atomic E-state index is 0.0296. The highest BCUT2D eigenvalue weighted by atomic mass is 32.1. The lowest BCUT2D eigenvalue weighted by Gasteiger charge is -2.25. The Morgan fingerprint density at radius 1 is 1.09 bits per heavy atom. The summed E-state index contributed by atoms with van der Waals surface area (Å²) in [5, 5.41) is 10.7. The number of fused-ring (bicyclic) bond motifs is 3. The van der Waals surface area contributed by atoms with E-state index in [9.17, 15) is 23.2 Å². The molecule has 2 fully saturated rings. The molecule has 0 saturated carbocycles. The van der Waals surface area contributed by atoms with Crippen LogP contribution in [0.1, 0.15) is 51.3 Å². The number of carbonyl (C=O) groups excluding carboxylic acids is 3. The van der Waals surface area contributed by atoms with Gasteiger partial charge in [0.05, 0.1) is 38.0 Å². The third-order valence-electron chi connectivity index (χ3n) is 8.57. The number of nitrogens with one attached hydrogen (secondary N) is 3. The summed E-state index contributed by atoms with van der Waals surface area (Å²) in [4.78, 5) is 42.4. The van der Waals surface area contributed by atoms with Crippen LogP contribution in [-0.4, -0.2) is 67.5 Å². The summed E-state index contributed by atoms with van der Waals surface area (Å²) >= 11 is 1.50. The lowest BCUT2D eigenvalue weighted by Crippen LogP contribution is -2.49. The van der Waals surface area contributed by atoms with Gasteiger partial charge in [0.15, 0.2) is 12.5 Å². The van der Waals surface area contributed by atoms with Gasteiger partial charge >= 0.3 is 0 Å². The Kier molecular flexibility index (Phi) is 7.34. The van der Waals surface area contributed by atoms with Crippen LogP contribution in [0, 0.1) is 0 Å². The Balaban J connectivity index is 1.03. The maximum atomic E-state index is 14.9. The molecule has 2 saturated heterocycles. The van der Waals surface area contributed by atoms with Crippen LogP contribution in [0.4, 0.5) is 8.78 Å². The van der Waals surface area contributed by atoms with Crippen molar-refractivity contribution < 1.29 is 37.4 Å². The number of carbonyl (C=O) groups is 3. The number of benzene rings is 2. The SMILES string of the molecule is C[C@@H](NC(=O)[C@@H]1CC2(CN1C(=O)CNC(=O)c1ccc3c(c1)-c1ccccc1C3(F)F)OCCO2)c1cc(C2=COCN2)cs1. The molecule has 2 aromatic carbocycles. The second kappa shape index (κ2) is 11.2. The summed E-state index contributed by atoms with van der Waals surface area (Å²) < 4.78 is 46.8. The molecule has 4 aliphatic rings. The third-order valence-corrected chi connectivity index (χ3v) is 9.68. The zero-order chi connectivity index (χ0) is 31.3. The summed E-state index contributed by atoms with van der Waals surface area (Å²) in [5.41, 5.74) is 2.33. The minimum Gasteiger partial charge on any atom is -0.479 e. The third kappa shape index (κ3) is 5.24. The Hall–Kier alpha value is -4.33. The molecule has 3 aromatic rings. The number of hydrogen-bond donors (Lipinski definition) is 3. The van der Waals surface area contributed by atoms with Crippen molar-refractivity contribution in [3.05, 3.63) is 87.3 Å². The highest BCUT2D eigenvalue weighted by Gasteiger charge is 2.52. The van der Waals surface area contributed by atoms with E-state index < -0.39 is 36.1 Å². The highest BCUT2D eigenvalue weighted by molar-refractivity contribution is 7.10. The number of thiophene rings is 1. The number of ether oxygens (including phenoxy) is 3. The summed E-state index contributed by atoms with van der Waals surface area (Å²) in [6.45, 7) is 2.58. The van der Waals surface area contributed by atoms with Crippen molar-refractivity contribution in [3.8, 4) is 11.1 Å². The van der Waals surface area contributed by atoms with Crippen molar-refractivity contribution in [2.75, 3.05) is 33.0 Å². The maximum absolute atomic E-state index is 14.9. The number of alkyl halides is 2. The average Bonchev–Trinajstić information content (AvgIpc) is 3.88. The van der Waals surface area contributed by atoms with Crippen molar-refractivity contribution in [1.82, 2.24) is 20.9 Å². The van der Waals surface area contributed by atoms with E-state index in [0.717, 1.165) is 16.1 Å². The topological polar surface area (TPSA) is 118 Å². The molecule has 0 radical (unpaired) electrons. The van der Waals surface area contributed by atoms with Crippen LogP contribution < -0.4 is 16.0 Å².